The van der Waals surface area contributed by atoms with Gasteiger partial charge in [-0.25, -0.2) is 29.1 Å². The van der Waals surface area contributed by atoms with E-state index < -0.39 is 79.8 Å². The Morgan fingerprint density at radius 2 is 0.714 bits per heavy atom. The van der Waals surface area contributed by atoms with E-state index in [4.69, 9.17) is 47.3 Å². The molecule has 158 valence electrons. The topological polar surface area (TPSA) is 297 Å². The zero-order chi connectivity index (χ0) is 23.4. The predicted octanol–water partition coefficient (Wildman–Crippen LogP) is -0.750. The van der Waals surface area contributed by atoms with Crippen molar-refractivity contribution >= 4 is 23.9 Å². The Bertz CT molecular complexity index is 580. The van der Waals surface area contributed by atoms with Gasteiger partial charge in [-0.15, -0.1) is 0 Å². The molecule has 0 atom stereocenters. The maximum absolute atomic E-state index is 10.7. The number of hydrogen-bond donors (Lipinski definition) is 6. The molecule has 0 radical (unpaired) electrons. The van der Waals surface area contributed by atoms with E-state index in [9.17, 15) is 19.2 Å². The summed E-state index contributed by atoms with van der Waals surface area (Å²) in [7, 11) is 2.50. The van der Waals surface area contributed by atoms with E-state index in [1.165, 1.54) is 14.1 Å². The van der Waals surface area contributed by atoms with Crippen LogP contribution in [0.3, 0.4) is 0 Å². The number of carboxylic acid groups (broad SMARTS) is 4. The van der Waals surface area contributed by atoms with Gasteiger partial charge in [0.25, 0.3) is 0 Å². The van der Waals surface area contributed by atoms with Crippen molar-refractivity contribution in [3.63, 3.8) is 0 Å². The van der Waals surface area contributed by atoms with Gasteiger partial charge in [-0.3, -0.25) is 0 Å². The Balaban J connectivity index is -0.000000244. The summed E-state index contributed by atoms with van der Waals surface area (Å²) in [5.74, 6) is -7.34. The average molecular weight is 484 g/mol. The van der Waals surface area contributed by atoms with Crippen LogP contribution in [-0.2, 0) is 40.5 Å². The monoisotopic (exact) mass is 484 g/mol. The third-order valence-electron chi connectivity index (χ3n) is 1.71. The zero-order valence-corrected chi connectivity index (χ0v) is 16.7. The zero-order valence-electron chi connectivity index (χ0n) is 13.9. The maximum atomic E-state index is 10.7. The van der Waals surface area contributed by atoms with Crippen LogP contribution in [0.1, 0.15) is 42.0 Å². The fourth-order valence-electron chi connectivity index (χ4n) is 1.03. The Morgan fingerprint density at radius 1 is 0.607 bits per heavy atom. The van der Waals surface area contributed by atoms with Crippen LogP contribution in [0, 0.1) is 0 Å². The Hall–Kier alpha value is -2.43. The first-order valence-corrected chi connectivity index (χ1v) is 8.26. The number of hydrogen-bond acceptors (Lipinski definition) is 8. The van der Waals surface area contributed by atoms with Gasteiger partial charge in [0.15, 0.2) is 22.8 Å². The minimum atomic E-state index is -1.83. The Labute approximate surface area is 170 Å². The number of nitrogens with zero attached hydrogens (tertiary/aromatic N) is 2. The van der Waals surface area contributed by atoms with Crippen LogP contribution < -0.4 is 0 Å². The number of nitrogens with one attached hydrogen (secondary N) is 2. The van der Waals surface area contributed by atoms with Gasteiger partial charge in [-0.05, 0) is 0 Å². The first kappa shape index (κ1) is 33.2. The third-order valence-corrected chi connectivity index (χ3v) is 1.71. The van der Waals surface area contributed by atoms with Crippen molar-refractivity contribution in [2.45, 2.75) is 0 Å². The molecule has 0 spiro atoms. The predicted molar refractivity (Wildman–Crippen MR) is 76.2 cm³/mol. The van der Waals surface area contributed by atoms with Gasteiger partial charge in [0, 0.05) is 0 Å². The molecule has 8 N–H and O–H groups in total. The summed E-state index contributed by atoms with van der Waals surface area (Å²) in [5.41, 5.74) is 6.91. The standard InChI is InChI=1S/C8H4N2O8.2CH4N.2H2O.2O.2V/c11-5(12)1-2(6(13)14)10-4(8(17)18)3(9-1)7(15)16;2*1-2;;;;;;/h(H,11,12)(H,13,14)(H,15,16)(H,17,18);2*2H,1H3;2*1H2;;;;/q;2*-1;;;;;2*+1/p-2. The first-order chi connectivity index (χ1) is 13.1. The molecule has 16 nitrogen and oxygen atoms in total. The van der Waals surface area contributed by atoms with Gasteiger partial charge in [-0.2, -0.15) is 14.1 Å². The molecule has 0 unspecified atom stereocenters. The van der Waals surface area contributed by atoms with Crippen molar-refractivity contribution in [1.82, 2.24) is 9.97 Å². The van der Waals surface area contributed by atoms with Gasteiger partial charge in [0.05, 0.1) is 0 Å². The van der Waals surface area contributed by atoms with Gasteiger partial charge < -0.3 is 31.9 Å². The molecule has 0 amide bonds. The molecule has 0 saturated carbocycles. The third kappa shape index (κ3) is 13.7. The van der Waals surface area contributed by atoms with E-state index in [1.54, 1.807) is 0 Å². The molecule has 0 aliphatic carbocycles. The Morgan fingerprint density at radius 3 is 0.786 bits per heavy atom. The summed E-state index contributed by atoms with van der Waals surface area (Å²) in [6.07, 6.45) is 0. The molecule has 28 heavy (non-hydrogen) atoms. The van der Waals surface area contributed by atoms with Crippen LogP contribution in [0.5, 0.6) is 0 Å². The van der Waals surface area contributed by atoms with Crippen molar-refractivity contribution in [2.24, 2.45) is 0 Å². The second-order valence-corrected chi connectivity index (χ2v) is 3.51. The van der Waals surface area contributed by atoms with Crippen molar-refractivity contribution in [3.8, 4) is 0 Å². The molecule has 0 bridgehead atoms. The van der Waals surface area contributed by atoms with E-state index in [-0.39, 0.29) is 0 Å². The van der Waals surface area contributed by atoms with E-state index in [2.05, 4.69) is 9.97 Å². The molecule has 1 rings (SSSR count). The molecule has 1 heterocycles. The number of rotatable bonds is 4. The van der Waals surface area contributed by atoms with Crippen LogP contribution >= 0.6 is 0 Å². The molecule has 1 aromatic heterocycles. The van der Waals surface area contributed by atoms with Crippen LogP contribution in [0.2, 0.25) is 0 Å². The van der Waals surface area contributed by atoms with E-state index in [0.29, 0.717) is 0 Å². The summed E-state index contributed by atoms with van der Waals surface area (Å²) in [4.78, 5) is 48.7. The minimum absolute atomic E-state index is 1.15. The molecular weight excluding hydrogens is 470 g/mol. The van der Waals surface area contributed by atoms with Crippen LogP contribution in [0.4, 0.5) is 0 Å². The number of aromatic carboxylic acids is 4. The molecule has 0 aromatic carbocycles. The summed E-state index contributed by atoms with van der Waals surface area (Å²) < 4.78 is 31.4. The fourth-order valence-corrected chi connectivity index (χ4v) is 1.03. The van der Waals surface area contributed by atoms with Gasteiger partial charge in [0.2, 0.25) is 0 Å². The first-order valence-electron chi connectivity index (χ1n) is 5.87. The normalized spacial score (nSPS) is 7.64. The van der Waals surface area contributed by atoms with E-state index in [0.717, 1.165) is 0 Å². The summed E-state index contributed by atoms with van der Waals surface area (Å²) in [5, 5.41) is 34.6. The fraction of sp³-hybridized carbons (Fsp3) is 0.200. The van der Waals surface area contributed by atoms with Crippen molar-refractivity contribution in [1.29, 1.82) is 0 Å². The quantitative estimate of drug-likeness (QED) is 0.306. The van der Waals surface area contributed by atoms with E-state index in [1.807, 2.05) is 0 Å². The molecule has 18 heteroatoms. The van der Waals surface area contributed by atoms with Crippen molar-refractivity contribution in [2.75, 3.05) is 14.1 Å². The van der Waals surface area contributed by atoms with E-state index >= 15 is 0 Å². The second kappa shape index (κ2) is 20.9. The van der Waals surface area contributed by atoms with Crippen molar-refractivity contribution < 1.29 is 88.2 Å². The SMILES string of the molecule is C[NH-].C[NH-].O=C(O)c1nc(C(=O)O)c(C(=O)O)nc1C(=O)O.[O]=[V][OH].[O]=[V][OH]. The summed E-state index contributed by atoms with van der Waals surface area (Å²) in [6.45, 7) is 0. The van der Waals surface area contributed by atoms with Crippen LogP contribution in [0.15, 0.2) is 0 Å². The van der Waals surface area contributed by atoms with Crippen molar-refractivity contribution in [3.05, 3.63) is 34.2 Å². The molecule has 0 saturated heterocycles. The van der Waals surface area contributed by atoms with Gasteiger partial charge in [0.1, 0.15) is 0 Å². The van der Waals surface area contributed by atoms with Crippen LogP contribution in [0.25, 0.3) is 11.5 Å². The number of aromatic nitrogens is 2. The number of carbonyl (C=O) groups is 4. The van der Waals surface area contributed by atoms with Gasteiger partial charge >= 0.3 is 72.5 Å². The molecule has 0 aliphatic rings. The molecule has 0 aliphatic heterocycles. The van der Waals surface area contributed by atoms with Crippen LogP contribution in [-0.4, -0.2) is 76.4 Å². The van der Waals surface area contributed by atoms with Gasteiger partial charge in [-0.1, -0.05) is 0 Å². The summed E-state index contributed by atoms with van der Waals surface area (Å²) in [6, 6.07) is 0. The molecule has 1 aromatic rings. The second-order valence-electron chi connectivity index (χ2n) is 3.00. The summed E-state index contributed by atoms with van der Waals surface area (Å²) >= 11 is -3.12. The molecular formula is C10H14N4O12V2-2. The number of carboxylic acids is 4. The molecule has 0 fully saturated rings. The average Bonchev–Trinajstić information content (AvgIpc) is 2.64. The Kier molecular flexibility index (Phi) is 24.7.